The van der Waals surface area contributed by atoms with Gasteiger partial charge in [0.15, 0.2) is 0 Å². The summed E-state index contributed by atoms with van der Waals surface area (Å²) in [6, 6.07) is 3.47. The lowest BCUT2D eigenvalue weighted by atomic mass is 10.3. The summed E-state index contributed by atoms with van der Waals surface area (Å²) < 4.78 is 28.0. The van der Waals surface area contributed by atoms with Gasteiger partial charge in [-0.3, -0.25) is 4.68 Å². The third kappa shape index (κ3) is 2.33. The van der Waals surface area contributed by atoms with E-state index in [1.54, 1.807) is 11.7 Å². The number of benzene rings is 1. The topological polar surface area (TPSA) is 43.8 Å². The molecule has 0 bridgehead atoms. The Hall–Kier alpha value is -1.56. The minimum absolute atomic E-state index is 0.328. The highest BCUT2D eigenvalue weighted by molar-refractivity contribution is 7.99. The minimum atomic E-state index is -0.598. The van der Waals surface area contributed by atoms with Crippen molar-refractivity contribution < 1.29 is 8.78 Å². The van der Waals surface area contributed by atoms with E-state index in [4.69, 9.17) is 5.73 Å². The lowest BCUT2D eigenvalue weighted by Crippen LogP contribution is -1.94. The van der Waals surface area contributed by atoms with E-state index in [2.05, 4.69) is 5.10 Å². The average Bonchev–Trinajstić information content (AvgIpc) is 2.59. The molecule has 2 aromatic rings. The maximum atomic E-state index is 13.6. The van der Waals surface area contributed by atoms with Gasteiger partial charge in [0.05, 0.1) is 11.4 Å². The molecule has 0 aliphatic heterocycles. The maximum Gasteiger partial charge on any atom is 0.140 e. The average molecular weight is 269 g/mol. The smallest absolute Gasteiger partial charge is 0.140 e. The van der Waals surface area contributed by atoms with E-state index in [1.165, 1.54) is 12.1 Å². The molecule has 0 saturated heterocycles. The van der Waals surface area contributed by atoms with Crippen molar-refractivity contribution in [1.82, 2.24) is 9.78 Å². The third-order valence-corrected chi connectivity index (χ3v) is 3.77. The van der Waals surface area contributed by atoms with Crippen LogP contribution in [0.4, 0.5) is 14.5 Å². The normalized spacial score (nSPS) is 10.9. The molecular formula is C12H13F2N3S. The second-order valence-electron chi connectivity index (χ2n) is 3.82. The first-order valence-electron chi connectivity index (χ1n) is 5.47. The van der Waals surface area contributed by atoms with E-state index in [9.17, 15) is 8.78 Å². The highest BCUT2D eigenvalue weighted by atomic mass is 32.2. The van der Waals surface area contributed by atoms with Crippen molar-refractivity contribution in [1.29, 1.82) is 0 Å². The SMILES string of the molecule is CCc1nn(C)c(Sc2ccc(F)cc2F)c1N. The third-order valence-electron chi connectivity index (χ3n) is 2.54. The molecule has 0 unspecified atom stereocenters. The lowest BCUT2D eigenvalue weighted by molar-refractivity contribution is 0.565. The second-order valence-corrected chi connectivity index (χ2v) is 4.85. The number of halogens is 2. The van der Waals surface area contributed by atoms with Crippen molar-refractivity contribution in [3.8, 4) is 0 Å². The van der Waals surface area contributed by atoms with Crippen molar-refractivity contribution in [3.63, 3.8) is 0 Å². The Morgan fingerprint density at radius 3 is 2.67 bits per heavy atom. The van der Waals surface area contributed by atoms with Gasteiger partial charge in [0.25, 0.3) is 0 Å². The summed E-state index contributed by atoms with van der Waals surface area (Å²) in [5, 5.41) is 4.91. The van der Waals surface area contributed by atoms with E-state index < -0.39 is 11.6 Å². The van der Waals surface area contributed by atoms with Gasteiger partial charge in [0.1, 0.15) is 16.7 Å². The lowest BCUT2D eigenvalue weighted by Gasteiger charge is -2.04. The number of nitrogen functional groups attached to an aromatic ring is 1. The fraction of sp³-hybridized carbons (Fsp3) is 0.250. The molecule has 0 saturated carbocycles. The van der Waals surface area contributed by atoms with Gasteiger partial charge in [-0.25, -0.2) is 8.78 Å². The maximum absolute atomic E-state index is 13.6. The molecule has 0 aliphatic rings. The molecule has 3 nitrogen and oxygen atoms in total. The zero-order chi connectivity index (χ0) is 13.3. The van der Waals surface area contributed by atoms with Crippen LogP contribution in [0.15, 0.2) is 28.1 Å². The van der Waals surface area contributed by atoms with Crippen molar-refractivity contribution in [3.05, 3.63) is 35.5 Å². The zero-order valence-electron chi connectivity index (χ0n) is 10.1. The first-order chi connectivity index (χ1) is 8.52. The fourth-order valence-electron chi connectivity index (χ4n) is 1.62. The second kappa shape index (κ2) is 4.97. The van der Waals surface area contributed by atoms with Crippen LogP contribution in [0, 0.1) is 11.6 Å². The van der Waals surface area contributed by atoms with Crippen LogP contribution in [0.5, 0.6) is 0 Å². The van der Waals surface area contributed by atoms with Crippen LogP contribution >= 0.6 is 11.8 Å². The number of aromatic nitrogens is 2. The molecule has 6 heteroatoms. The molecular weight excluding hydrogens is 256 g/mol. The Kier molecular flexibility index (Phi) is 3.56. The summed E-state index contributed by atoms with van der Waals surface area (Å²) in [5.41, 5.74) is 7.27. The molecule has 96 valence electrons. The molecule has 0 fully saturated rings. The molecule has 2 rings (SSSR count). The van der Waals surface area contributed by atoms with Crippen LogP contribution in [0.1, 0.15) is 12.6 Å². The summed E-state index contributed by atoms with van der Waals surface area (Å²) in [5.74, 6) is -1.19. The zero-order valence-corrected chi connectivity index (χ0v) is 10.9. The van der Waals surface area contributed by atoms with E-state index in [0.29, 0.717) is 22.0 Å². The fourth-order valence-corrected chi connectivity index (χ4v) is 2.52. The number of aryl methyl sites for hydroxylation is 2. The molecule has 2 N–H and O–H groups in total. The molecule has 1 aromatic heterocycles. The van der Waals surface area contributed by atoms with Gasteiger partial charge < -0.3 is 5.73 Å². The van der Waals surface area contributed by atoms with E-state index in [1.807, 2.05) is 6.92 Å². The summed E-state index contributed by atoms with van der Waals surface area (Å²) in [7, 11) is 1.75. The standard InChI is InChI=1S/C12H13F2N3S/c1-3-9-11(15)12(17(2)16-9)18-10-5-4-7(13)6-8(10)14/h4-6H,3,15H2,1-2H3. The predicted molar refractivity (Wildman–Crippen MR) is 67.5 cm³/mol. The highest BCUT2D eigenvalue weighted by Crippen LogP contribution is 2.35. The van der Waals surface area contributed by atoms with Gasteiger partial charge in [0, 0.05) is 18.0 Å². The van der Waals surface area contributed by atoms with Crippen molar-refractivity contribution in [2.45, 2.75) is 23.3 Å². The Bertz CT molecular complexity index is 581. The molecule has 0 radical (unpaired) electrons. The Balaban J connectivity index is 2.37. The van der Waals surface area contributed by atoms with Crippen molar-refractivity contribution in [2.75, 3.05) is 5.73 Å². The molecule has 0 amide bonds. The molecule has 0 atom stereocenters. The van der Waals surface area contributed by atoms with Crippen LogP contribution in [0.3, 0.4) is 0 Å². The molecule has 18 heavy (non-hydrogen) atoms. The van der Waals surface area contributed by atoms with Gasteiger partial charge in [0.2, 0.25) is 0 Å². The summed E-state index contributed by atoms with van der Waals surface area (Å²) in [6.07, 6.45) is 0.714. The number of nitrogens with two attached hydrogens (primary N) is 1. The predicted octanol–water partition coefficient (Wildman–Crippen LogP) is 2.99. The number of hydrogen-bond acceptors (Lipinski definition) is 3. The first-order valence-corrected chi connectivity index (χ1v) is 6.28. The number of rotatable bonds is 3. The Morgan fingerprint density at radius 2 is 2.11 bits per heavy atom. The van der Waals surface area contributed by atoms with E-state index in [-0.39, 0.29) is 0 Å². The van der Waals surface area contributed by atoms with Crippen LogP contribution in [-0.4, -0.2) is 9.78 Å². The summed E-state index contributed by atoms with van der Waals surface area (Å²) in [4.78, 5) is 0.328. The number of anilines is 1. The molecule has 1 aromatic carbocycles. The van der Waals surface area contributed by atoms with E-state index >= 15 is 0 Å². The van der Waals surface area contributed by atoms with Crippen LogP contribution in [-0.2, 0) is 13.5 Å². The monoisotopic (exact) mass is 269 g/mol. The Morgan fingerprint density at radius 1 is 1.39 bits per heavy atom. The number of hydrogen-bond donors (Lipinski definition) is 1. The van der Waals surface area contributed by atoms with Crippen LogP contribution in [0.2, 0.25) is 0 Å². The molecule has 0 aliphatic carbocycles. The largest absolute Gasteiger partial charge is 0.395 e. The van der Waals surface area contributed by atoms with Gasteiger partial charge >= 0.3 is 0 Å². The van der Waals surface area contributed by atoms with Gasteiger partial charge in [-0.1, -0.05) is 18.7 Å². The van der Waals surface area contributed by atoms with Crippen LogP contribution in [0.25, 0.3) is 0 Å². The van der Waals surface area contributed by atoms with Crippen molar-refractivity contribution in [2.24, 2.45) is 7.05 Å². The van der Waals surface area contributed by atoms with Gasteiger partial charge in [-0.05, 0) is 18.6 Å². The van der Waals surface area contributed by atoms with E-state index in [0.717, 1.165) is 23.5 Å². The summed E-state index contributed by atoms with van der Waals surface area (Å²) >= 11 is 1.15. The van der Waals surface area contributed by atoms with Crippen molar-refractivity contribution >= 4 is 17.4 Å². The Labute approximate surface area is 108 Å². The number of nitrogens with zero attached hydrogens (tertiary/aromatic N) is 2. The van der Waals surface area contributed by atoms with Gasteiger partial charge in [-0.15, -0.1) is 0 Å². The van der Waals surface area contributed by atoms with Crippen LogP contribution < -0.4 is 5.73 Å². The quantitative estimate of drug-likeness (QED) is 0.931. The minimum Gasteiger partial charge on any atom is -0.395 e. The highest BCUT2D eigenvalue weighted by Gasteiger charge is 2.15. The first kappa shape index (κ1) is 12.9. The van der Waals surface area contributed by atoms with Gasteiger partial charge in [-0.2, -0.15) is 5.10 Å². The summed E-state index contributed by atoms with van der Waals surface area (Å²) in [6.45, 7) is 1.95. The molecule has 1 heterocycles. The molecule has 0 spiro atoms.